The predicted molar refractivity (Wildman–Crippen MR) is 125 cm³/mol. The smallest absolute Gasteiger partial charge is 0.0568 e. The molecule has 5 aliphatic carbocycles. The van der Waals surface area contributed by atoms with E-state index in [0.717, 1.165) is 36.0 Å². The van der Waals surface area contributed by atoms with Gasteiger partial charge in [-0.1, -0.05) is 47.5 Å². The van der Waals surface area contributed by atoms with Crippen molar-refractivity contribution < 1.29 is 10.2 Å². The van der Waals surface area contributed by atoms with Gasteiger partial charge in [0.15, 0.2) is 0 Å². The summed E-state index contributed by atoms with van der Waals surface area (Å²) in [7, 11) is 0. The van der Waals surface area contributed by atoms with Gasteiger partial charge in [0.25, 0.3) is 0 Å². The van der Waals surface area contributed by atoms with E-state index in [9.17, 15) is 10.2 Å². The second kappa shape index (κ2) is 8.36. The lowest BCUT2D eigenvalue weighted by Crippen LogP contribution is -2.61. The van der Waals surface area contributed by atoms with Crippen molar-refractivity contribution in [2.24, 2.45) is 51.8 Å². The summed E-state index contributed by atoms with van der Waals surface area (Å²) in [4.78, 5) is 0. The Balaban J connectivity index is 0.000000687. The van der Waals surface area contributed by atoms with Crippen LogP contribution in [0.1, 0.15) is 112 Å². The molecule has 2 N–H and O–H groups in total. The van der Waals surface area contributed by atoms with Crippen LogP contribution in [0.25, 0.3) is 0 Å². The fraction of sp³-hybridized carbons (Fsp3) is 1.00. The molecule has 0 spiro atoms. The number of rotatable bonds is 1. The third kappa shape index (κ3) is 3.25. The topological polar surface area (TPSA) is 40.5 Å². The molecule has 0 aliphatic heterocycles. The maximum absolute atomic E-state index is 10.5. The van der Waals surface area contributed by atoms with Crippen LogP contribution in [0.4, 0.5) is 0 Å². The Morgan fingerprint density at radius 2 is 1.40 bits per heavy atom. The first-order valence-corrected chi connectivity index (χ1v) is 13.6. The predicted octanol–water partition coefficient (Wildman–Crippen LogP) is 6.83. The minimum Gasteiger partial charge on any atom is -0.396 e. The number of hydrogen-bond donors (Lipinski definition) is 2. The van der Waals surface area contributed by atoms with Gasteiger partial charge in [0.2, 0.25) is 0 Å². The average Bonchev–Trinajstić information content (AvgIpc) is 3.16. The molecule has 10 atom stereocenters. The molecule has 0 saturated heterocycles. The van der Waals surface area contributed by atoms with E-state index in [1.807, 2.05) is 0 Å². The molecular weight excluding hydrogens is 368 g/mol. The number of hydrogen-bond acceptors (Lipinski definition) is 2. The molecule has 30 heavy (non-hydrogen) atoms. The zero-order chi connectivity index (χ0) is 21.7. The zero-order valence-electron chi connectivity index (χ0n) is 20.6. The third-order valence-electron chi connectivity index (χ3n) is 11.6. The van der Waals surface area contributed by atoms with Crippen LogP contribution in [0.5, 0.6) is 0 Å². The summed E-state index contributed by atoms with van der Waals surface area (Å²) in [6, 6.07) is 0. The molecule has 0 aromatic heterocycles. The Hall–Kier alpha value is -0.0800. The van der Waals surface area contributed by atoms with E-state index in [2.05, 4.69) is 34.6 Å². The number of aliphatic hydroxyl groups is 2. The highest BCUT2D eigenvalue weighted by Gasteiger charge is 2.64. The van der Waals surface area contributed by atoms with Gasteiger partial charge in [-0.15, -0.1) is 0 Å². The van der Waals surface area contributed by atoms with Crippen LogP contribution in [0.3, 0.4) is 0 Å². The monoisotopic (exact) mass is 418 g/mol. The Morgan fingerprint density at radius 1 is 0.767 bits per heavy atom. The number of fused-ring (bicyclic) bond motifs is 7. The highest BCUT2D eigenvalue weighted by Crippen LogP contribution is 2.71. The molecule has 0 radical (unpaired) electrons. The summed E-state index contributed by atoms with van der Waals surface area (Å²) >= 11 is 0. The van der Waals surface area contributed by atoms with E-state index >= 15 is 0 Å². The molecule has 174 valence electrons. The zero-order valence-corrected chi connectivity index (χ0v) is 20.6. The summed E-state index contributed by atoms with van der Waals surface area (Å²) in [6.45, 7) is 12.3. The van der Waals surface area contributed by atoms with Crippen molar-refractivity contribution in [2.45, 2.75) is 118 Å². The molecule has 2 heteroatoms. The summed E-state index contributed by atoms with van der Waals surface area (Å²) in [5.41, 5.74) is 1.23. The van der Waals surface area contributed by atoms with Gasteiger partial charge >= 0.3 is 0 Å². The van der Waals surface area contributed by atoms with Gasteiger partial charge in [0.05, 0.1) is 6.10 Å². The first-order valence-electron chi connectivity index (χ1n) is 13.6. The fourth-order valence-corrected chi connectivity index (χ4v) is 10.2. The normalized spacial score (nSPS) is 54.7. The lowest BCUT2D eigenvalue weighted by molar-refractivity contribution is -0.197. The SMILES string of the molecule is CC1C(O)CCC2(C)C1CCC1(C)C3CCC4(CO)CCCC4C3CCC21.CCC. The molecule has 0 bridgehead atoms. The summed E-state index contributed by atoms with van der Waals surface area (Å²) in [5, 5.41) is 20.8. The van der Waals surface area contributed by atoms with Crippen molar-refractivity contribution in [1.29, 1.82) is 0 Å². The van der Waals surface area contributed by atoms with Crippen LogP contribution in [-0.2, 0) is 0 Å². The molecule has 10 unspecified atom stereocenters. The summed E-state index contributed by atoms with van der Waals surface area (Å²) in [5.74, 6) is 4.62. The highest BCUT2D eigenvalue weighted by atomic mass is 16.3. The molecule has 0 heterocycles. The van der Waals surface area contributed by atoms with Crippen LogP contribution in [-0.4, -0.2) is 22.9 Å². The fourth-order valence-electron chi connectivity index (χ4n) is 10.2. The van der Waals surface area contributed by atoms with Gasteiger partial charge in [-0.05, 0) is 116 Å². The van der Waals surface area contributed by atoms with Gasteiger partial charge in [-0.3, -0.25) is 0 Å². The van der Waals surface area contributed by atoms with E-state index < -0.39 is 0 Å². The van der Waals surface area contributed by atoms with Crippen LogP contribution in [0.2, 0.25) is 0 Å². The lowest BCUT2D eigenvalue weighted by Gasteiger charge is -2.67. The molecule has 0 aromatic carbocycles. The summed E-state index contributed by atoms with van der Waals surface area (Å²) in [6.07, 6.45) is 15.7. The molecule has 5 rings (SSSR count). The third-order valence-corrected chi connectivity index (χ3v) is 11.6. The molecular formula is C28H50O2. The average molecular weight is 419 g/mol. The van der Waals surface area contributed by atoms with Gasteiger partial charge in [0, 0.05) is 6.61 Å². The van der Waals surface area contributed by atoms with Crippen molar-refractivity contribution in [3.05, 3.63) is 0 Å². The van der Waals surface area contributed by atoms with Crippen LogP contribution in [0.15, 0.2) is 0 Å². The van der Waals surface area contributed by atoms with E-state index in [-0.39, 0.29) is 11.5 Å². The van der Waals surface area contributed by atoms with Gasteiger partial charge in [-0.2, -0.15) is 0 Å². The largest absolute Gasteiger partial charge is 0.396 e. The van der Waals surface area contributed by atoms with Gasteiger partial charge in [-0.25, -0.2) is 0 Å². The first-order chi connectivity index (χ1) is 14.3. The highest BCUT2D eigenvalue weighted by molar-refractivity contribution is 5.13. The Kier molecular flexibility index (Phi) is 6.44. The van der Waals surface area contributed by atoms with Gasteiger partial charge < -0.3 is 10.2 Å². The molecule has 5 saturated carbocycles. The van der Waals surface area contributed by atoms with Crippen molar-refractivity contribution in [1.82, 2.24) is 0 Å². The maximum atomic E-state index is 10.5. The van der Waals surface area contributed by atoms with Crippen molar-refractivity contribution in [2.75, 3.05) is 6.61 Å². The second-order valence-electron chi connectivity index (χ2n) is 12.8. The van der Waals surface area contributed by atoms with Crippen LogP contribution >= 0.6 is 0 Å². The van der Waals surface area contributed by atoms with E-state index in [1.165, 1.54) is 70.6 Å². The molecule has 0 aromatic rings. The molecule has 2 nitrogen and oxygen atoms in total. The maximum Gasteiger partial charge on any atom is 0.0568 e. The van der Waals surface area contributed by atoms with E-state index in [0.29, 0.717) is 23.4 Å². The molecule has 0 amide bonds. The Morgan fingerprint density at radius 3 is 2.10 bits per heavy atom. The minimum absolute atomic E-state index is 0.0675. The first kappa shape index (κ1) is 23.1. The molecule has 5 fully saturated rings. The Bertz CT molecular complexity index is 603. The second-order valence-corrected chi connectivity index (χ2v) is 12.8. The molecule has 5 aliphatic rings. The van der Waals surface area contributed by atoms with E-state index in [4.69, 9.17) is 0 Å². The van der Waals surface area contributed by atoms with Crippen molar-refractivity contribution in [3.8, 4) is 0 Å². The minimum atomic E-state index is -0.0675. The van der Waals surface area contributed by atoms with Crippen LogP contribution < -0.4 is 0 Å². The lowest BCUT2D eigenvalue weighted by atomic mass is 9.37. The van der Waals surface area contributed by atoms with Crippen molar-refractivity contribution in [3.63, 3.8) is 0 Å². The number of aliphatic hydroxyl groups excluding tert-OH is 2. The van der Waals surface area contributed by atoms with Gasteiger partial charge in [0.1, 0.15) is 0 Å². The Labute approximate surface area is 186 Å². The van der Waals surface area contributed by atoms with Crippen LogP contribution in [0, 0.1) is 51.8 Å². The van der Waals surface area contributed by atoms with Crippen molar-refractivity contribution >= 4 is 0 Å². The standard InChI is InChI=1S/C25H42O2.C3H8/c1-16-18-8-12-24(3)19-9-14-25(15-26)11-4-5-20(25)17(19)6-7-22(24)23(18,2)13-10-21(16)27;1-3-2/h16-22,26-27H,4-15H2,1-3H3;3H2,1-2H3. The van der Waals surface area contributed by atoms with E-state index in [1.54, 1.807) is 0 Å². The summed E-state index contributed by atoms with van der Waals surface area (Å²) < 4.78 is 0. The quantitative estimate of drug-likeness (QED) is 0.490.